The highest BCUT2D eigenvalue weighted by Gasteiger charge is 2.06. The minimum atomic E-state index is -0.322. The van der Waals surface area contributed by atoms with Crippen molar-refractivity contribution in [1.29, 1.82) is 0 Å². The average molecular weight is 330 g/mol. The third kappa shape index (κ3) is 5.60. The molecule has 5 nitrogen and oxygen atoms in total. The van der Waals surface area contributed by atoms with Gasteiger partial charge in [-0.05, 0) is 61.1 Å². The lowest BCUT2D eigenvalue weighted by molar-refractivity contribution is -0.121. The predicted molar refractivity (Wildman–Crippen MR) is 94.0 cm³/mol. The second-order valence-electron chi connectivity index (χ2n) is 4.84. The zero-order valence-corrected chi connectivity index (χ0v) is 13.8. The van der Waals surface area contributed by atoms with Gasteiger partial charge >= 0.3 is 0 Å². The summed E-state index contributed by atoms with van der Waals surface area (Å²) >= 11 is 5.10. The van der Waals surface area contributed by atoms with Gasteiger partial charge in [0.15, 0.2) is 11.7 Å². The van der Waals surface area contributed by atoms with Crippen LogP contribution in [0.4, 0.5) is 5.69 Å². The molecule has 2 N–H and O–H groups in total. The molecule has 0 saturated carbocycles. The second-order valence-corrected chi connectivity index (χ2v) is 5.24. The number of methoxy groups -OCH3 is 1. The van der Waals surface area contributed by atoms with E-state index in [0.717, 1.165) is 17.0 Å². The quantitative estimate of drug-likeness (QED) is 0.826. The number of rotatable bonds is 5. The van der Waals surface area contributed by atoms with E-state index in [-0.39, 0.29) is 17.6 Å². The fourth-order valence-electron chi connectivity index (χ4n) is 1.85. The van der Waals surface area contributed by atoms with Crippen LogP contribution in [0.1, 0.15) is 5.56 Å². The zero-order valence-electron chi connectivity index (χ0n) is 13.0. The largest absolute Gasteiger partial charge is 0.497 e. The minimum Gasteiger partial charge on any atom is -0.497 e. The third-order valence-electron chi connectivity index (χ3n) is 2.96. The number of carbonyl (C=O) groups excluding carboxylic acids is 1. The molecule has 120 valence electrons. The first kappa shape index (κ1) is 16.8. The maximum Gasteiger partial charge on any atom is 0.264 e. The topological polar surface area (TPSA) is 59.6 Å². The lowest BCUT2D eigenvalue weighted by Gasteiger charge is -2.11. The summed E-state index contributed by atoms with van der Waals surface area (Å²) in [7, 11) is 1.60. The molecule has 23 heavy (non-hydrogen) atoms. The number of ether oxygens (including phenoxy) is 2. The normalized spacial score (nSPS) is 9.83. The fraction of sp³-hybridized carbons (Fsp3) is 0.176. The van der Waals surface area contributed by atoms with Crippen molar-refractivity contribution in [3.05, 3.63) is 54.1 Å². The van der Waals surface area contributed by atoms with Crippen LogP contribution in [-0.2, 0) is 4.79 Å². The standard InChI is InChI=1S/C17H18N2O3S/c1-12-4-3-5-15(10-12)22-11-16(20)19-17(23)18-13-6-8-14(21-2)9-7-13/h3-10H,11H2,1-2H3,(H2,18,19,20,23). The van der Waals surface area contributed by atoms with Crippen LogP contribution in [0.25, 0.3) is 0 Å². The number of carbonyl (C=O) groups is 1. The maximum atomic E-state index is 11.8. The molecule has 0 radical (unpaired) electrons. The molecule has 0 aliphatic heterocycles. The summed E-state index contributed by atoms with van der Waals surface area (Å²) in [4.78, 5) is 11.8. The van der Waals surface area contributed by atoms with E-state index in [9.17, 15) is 4.79 Å². The summed E-state index contributed by atoms with van der Waals surface area (Å²) in [5.74, 6) is 1.07. The first-order valence-corrected chi connectivity index (χ1v) is 7.42. The van der Waals surface area contributed by atoms with Crippen LogP contribution in [-0.4, -0.2) is 24.7 Å². The Morgan fingerprint density at radius 1 is 1.13 bits per heavy atom. The van der Waals surface area contributed by atoms with Crippen molar-refractivity contribution < 1.29 is 14.3 Å². The number of thiocarbonyl (C=S) groups is 1. The summed E-state index contributed by atoms with van der Waals surface area (Å²) in [5.41, 5.74) is 1.83. The SMILES string of the molecule is COc1ccc(NC(=S)NC(=O)COc2cccc(C)c2)cc1. The van der Waals surface area contributed by atoms with E-state index in [2.05, 4.69) is 10.6 Å². The van der Waals surface area contributed by atoms with Gasteiger partial charge in [-0.1, -0.05) is 12.1 Å². The van der Waals surface area contributed by atoms with Gasteiger partial charge in [-0.3, -0.25) is 10.1 Å². The first-order valence-electron chi connectivity index (χ1n) is 7.01. The minimum absolute atomic E-state index is 0.103. The van der Waals surface area contributed by atoms with E-state index in [0.29, 0.717) is 5.75 Å². The molecule has 2 aromatic rings. The molecule has 1 amide bonds. The van der Waals surface area contributed by atoms with Crippen molar-refractivity contribution in [2.45, 2.75) is 6.92 Å². The molecular weight excluding hydrogens is 312 g/mol. The summed E-state index contributed by atoms with van der Waals surface area (Å²) < 4.78 is 10.5. The summed E-state index contributed by atoms with van der Waals surface area (Å²) in [6, 6.07) is 14.7. The van der Waals surface area contributed by atoms with Crippen LogP contribution in [0, 0.1) is 6.92 Å². The summed E-state index contributed by atoms with van der Waals surface area (Å²) in [5, 5.41) is 5.70. The number of benzene rings is 2. The second kappa shape index (κ2) is 8.14. The van der Waals surface area contributed by atoms with Crippen molar-refractivity contribution in [2.75, 3.05) is 19.0 Å². The maximum absolute atomic E-state index is 11.8. The molecule has 0 aliphatic rings. The van der Waals surface area contributed by atoms with E-state index in [1.807, 2.05) is 25.1 Å². The number of aryl methyl sites for hydroxylation is 1. The molecule has 6 heteroatoms. The summed E-state index contributed by atoms with van der Waals surface area (Å²) in [6.07, 6.45) is 0. The van der Waals surface area contributed by atoms with Crippen molar-refractivity contribution >= 4 is 28.9 Å². The number of hydrogen-bond acceptors (Lipinski definition) is 4. The summed E-state index contributed by atoms with van der Waals surface area (Å²) in [6.45, 7) is 1.86. The molecule has 0 bridgehead atoms. The van der Waals surface area contributed by atoms with E-state index in [1.165, 1.54) is 0 Å². The number of anilines is 1. The highest BCUT2D eigenvalue weighted by Crippen LogP contribution is 2.15. The van der Waals surface area contributed by atoms with Crippen LogP contribution in [0.15, 0.2) is 48.5 Å². The molecule has 2 rings (SSSR count). The highest BCUT2D eigenvalue weighted by molar-refractivity contribution is 7.80. The van der Waals surface area contributed by atoms with Crippen molar-refractivity contribution in [1.82, 2.24) is 5.32 Å². The van der Waals surface area contributed by atoms with Crippen molar-refractivity contribution in [3.63, 3.8) is 0 Å². The monoisotopic (exact) mass is 330 g/mol. The smallest absolute Gasteiger partial charge is 0.264 e. The molecule has 0 saturated heterocycles. The predicted octanol–water partition coefficient (Wildman–Crippen LogP) is 2.90. The Bertz CT molecular complexity index is 686. The molecule has 0 atom stereocenters. The molecule has 0 spiro atoms. The Hall–Kier alpha value is -2.60. The van der Waals surface area contributed by atoms with Gasteiger partial charge in [0, 0.05) is 5.69 Å². The molecule has 0 heterocycles. The number of hydrogen-bond donors (Lipinski definition) is 2. The first-order chi connectivity index (χ1) is 11.1. The highest BCUT2D eigenvalue weighted by atomic mass is 32.1. The molecular formula is C17H18N2O3S. The van der Waals surface area contributed by atoms with Crippen LogP contribution < -0.4 is 20.1 Å². The average Bonchev–Trinajstić information content (AvgIpc) is 2.53. The van der Waals surface area contributed by atoms with Gasteiger partial charge in [0.25, 0.3) is 5.91 Å². The van der Waals surface area contributed by atoms with E-state index < -0.39 is 0 Å². The fourth-order valence-corrected chi connectivity index (χ4v) is 2.09. The van der Waals surface area contributed by atoms with Gasteiger partial charge in [0.1, 0.15) is 11.5 Å². The van der Waals surface area contributed by atoms with Gasteiger partial charge < -0.3 is 14.8 Å². The van der Waals surface area contributed by atoms with Crippen molar-refractivity contribution in [2.24, 2.45) is 0 Å². The van der Waals surface area contributed by atoms with Gasteiger partial charge in [0.05, 0.1) is 7.11 Å². The third-order valence-corrected chi connectivity index (χ3v) is 3.16. The van der Waals surface area contributed by atoms with Crippen LogP contribution in [0.5, 0.6) is 11.5 Å². The van der Waals surface area contributed by atoms with Gasteiger partial charge in [-0.15, -0.1) is 0 Å². The Kier molecular flexibility index (Phi) is 5.94. The molecule has 0 aliphatic carbocycles. The molecule has 0 aromatic heterocycles. The molecule has 2 aromatic carbocycles. The lowest BCUT2D eigenvalue weighted by atomic mass is 10.2. The van der Waals surface area contributed by atoms with Crippen molar-refractivity contribution in [3.8, 4) is 11.5 Å². The Labute approximate surface area is 140 Å². The van der Waals surface area contributed by atoms with Crippen LogP contribution in [0.2, 0.25) is 0 Å². The van der Waals surface area contributed by atoms with E-state index in [4.69, 9.17) is 21.7 Å². The zero-order chi connectivity index (χ0) is 16.7. The number of nitrogens with one attached hydrogen (secondary N) is 2. The van der Waals surface area contributed by atoms with Gasteiger partial charge in [-0.2, -0.15) is 0 Å². The Morgan fingerprint density at radius 2 is 1.87 bits per heavy atom. The number of amides is 1. The van der Waals surface area contributed by atoms with E-state index in [1.54, 1.807) is 37.4 Å². The molecule has 0 unspecified atom stereocenters. The lowest BCUT2D eigenvalue weighted by Crippen LogP contribution is -2.37. The van der Waals surface area contributed by atoms with Crippen LogP contribution >= 0.6 is 12.2 Å². The Morgan fingerprint density at radius 3 is 2.52 bits per heavy atom. The van der Waals surface area contributed by atoms with Gasteiger partial charge in [0.2, 0.25) is 0 Å². The van der Waals surface area contributed by atoms with Crippen LogP contribution in [0.3, 0.4) is 0 Å². The Balaban J connectivity index is 1.78. The van der Waals surface area contributed by atoms with Gasteiger partial charge in [-0.25, -0.2) is 0 Å². The molecule has 0 fully saturated rings. The van der Waals surface area contributed by atoms with E-state index >= 15 is 0 Å².